The van der Waals surface area contributed by atoms with Crippen LogP contribution in [0.15, 0.2) is 28.9 Å². The Hall–Kier alpha value is -1.16. The normalized spacial score (nSPS) is 11.8. The Morgan fingerprint density at radius 3 is 2.65 bits per heavy atom. The van der Waals surface area contributed by atoms with E-state index in [9.17, 15) is 4.39 Å². The zero-order valence-corrected chi connectivity index (χ0v) is 11.6. The van der Waals surface area contributed by atoms with Gasteiger partial charge in [0.15, 0.2) is 0 Å². The molecular formula is C13H14BrFN2. The summed E-state index contributed by atoms with van der Waals surface area (Å²) in [6, 6.07) is 5.02. The molecule has 0 fully saturated rings. The van der Waals surface area contributed by atoms with Crippen molar-refractivity contribution in [2.24, 2.45) is 0 Å². The van der Waals surface area contributed by atoms with E-state index in [1.165, 1.54) is 6.07 Å². The first kappa shape index (κ1) is 12.3. The molecule has 0 aliphatic heterocycles. The first-order valence-electron chi connectivity index (χ1n) is 5.39. The molecule has 0 aliphatic carbocycles. The van der Waals surface area contributed by atoms with E-state index in [0.717, 1.165) is 9.86 Å². The van der Waals surface area contributed by atoms with Crippen LogP contribution in [0.3, 0.4) is 0 Å². The Balaban J connectivity index is 2.69. The summed E-state index contributed by atoms with van der Waals surface area (Å²) < 4.78 is 14.7. The van der Waals surface area contributed by atoms with E-state index >= 15 is 0 Å². The summed E-state index contributed by atoms with van der Waals surface area (Å²) in [4.78, 5) is 4.25. The molecule has 90 valence electrons. The smallest absolute Gasteiger partial charge is 0.137 e. The lowest BCUT2D eigenvalue weighted by Crippen LogP contribution is -2.26. The lowest BCUT2D eigenvalue weighted by molar-refractivity contribution is 0.625. The Morgan fingerprint density at radius 2 is 2.00 bits per heavy atom. The Bertz CT molecular complexity index is 561. The van der Waals surface area contributed by atoms with Crippen molar-refractivity contribution in [3.05, 3.63) is 34.7 Å². The third kappa shape index (κ3) is 2.57. The van der Waals surface area contributed by atoms with Gasteiger partial charge in [0, 0.05) is 21.6 Å². The molecule has 1 N–H and O–H groups in total. The van der Waals surface area contributed by atoms with E-state index in [2.05, 4.69) is 26.2 Å². The quantitative estimate of drug-likeness (QED) is 0.846. The highest BCUT2D eigenvalue weighted by atomic mass is 79.9. The van der Waals surface area contributed by atoms with Gasteiger partial charge < -0.3 is 5.32 Å². The van der Waals surface area contributed by atoms with Crippen molar-refractivity contribution in [1.29, 1.82) is 0 Å². The lowest BCUT2D eigenvalue weighted by Gasteiger charge is -2.22. The Morgan fingerprint density at radius 1 is 1.29 bits per heavy atom. The minimum atomic E-state index is -0.261. The molecule has 4 heteroatoms. The number of halogens is 2. The van der Waals surface area contributed by atoms with E-state index in [0.29, 0.717) is 11.2 Å². The average Bonchev–Trinajstić information content (AvgIpc) is 2.21. The number of rotatable bonds is 1. The summed E-state index contributed by atoms with van der Waals surface area (Å²) in [5.41, 5.74) is -0.157. The van der Waals surface area contributed by atoms with Gasteiger partial charge >= 0.3 is 0 Å². The third-order valence-corrected chi connectivity index (χ3v) is 2.94. The lowest BCUT2D eigenvalue weighted by atomic mass is 10.1. The molecule has 0 unspecified atom stereocenters. The van der Waals surface area contributed by atoms with Gasteiger partial charge in [-0.05, 0) is 42.8 Å². The van der Waals surface area contributed by atoms with E-state index < -0.39 is 0 Å². The van der Waals surface area contributed by atoms with E-state index in [4.69, 9.17) is 0 Å². The largest absolute Gasteiger partial charge is 0.365 e. The highest BCUT2D eigenvalue weighted by Gasteiger charge is 2.15. The second-order valence-corrected chi connectivity index (χ2v) is 5.85. The fourth-order valence-corrected chi connectivity index (χ4v) is 2.10. The predicted octanol–water partition coefficient (Wildman–Crippen LogP) is 4.35. The van der Waals surface area contributed by atoms with Gasteiger partial charge in [-0.15, -0.1) is 0 Å². The first-order valence-corrected chi connectivity index (χ1v) is 6.19. The maximum atomic E-state index is 13.9. The van der Waals surface area contributed by atoms with Crippen molar-refractivity contribution >= 4 is 32.5 Å². The average molecular weight is 297 g/mol. The van der Waals surface area contributed by atoms with Crippen molar-refractivity contribution in [3.8, 4) is 0 Å². The molecule has 2 rings (SSSR count). The van der Waals surface area contributed by atoms with E-state index in [1.54, 1.807) is 12.3 Å². The summed E-state index contributed by atoms with van der Waals surface area (Å²) in [6.45, 7) is 6.05. The molecule has 0 atom stereocenters. The summed E-state index contributed by atoms with van der Waals surface area (Å²) in [5.74, 6) is 0.317. The summed E-state index contributed by atoms with van der Waals surface area (Å²) in [7, 11) is 0. The van der Waals surface area contributed by atoms with Crippen LogP contribution >= 0.6 is 15.9 Å². The number of hydrogen-bond acceptors (Lipinski definition) is 2. The number of aromatic nitrogens is 1. The number of nitrogens with zero attached hydrogens (tertiary/aromatic N) is 1. The van der Waals surface area contributed by atoms with Crippen LogP contribution in [-0.2, 0) is 0 Å². The molecule has 0 saturated heterocycles. The Labute approximate surface area is 108 Å². The van der Waals surface area contributed by atoms with Crippen LogP contribution < -0.4 is 5.32 Å². The Kier molecular flexibility index (Phi) is 3.08. The molecule has 1 aromatic carbocycles. The molecule has 17 heavy (non-hydrogen) atoms. The molecular weight excluding hydrogens is 283 g/mol. The van der Waals surface area contributed by atoms with Crippen LogP contribution in [0.2, 0.25) is 0 Å². The number of benzene rings is 1. The predicted molar refractivity (Wildman–Crippen MR) is 72.8 cm³/mol. The molecule has 1 aromatic heterocycles. The highest BCUT2D eigenvalue weighted by molar-refractivity contribution is 9.10. The molecule has 2 nitrogen and oxygen atoms in total. The van der Waals surface area contributed by atoms with Gasteiger partial charge in [-0.3, -0.25) is 0 Å². The molecule has 0 saturated carbocycles. The topological polar surface area (TPSA) is 24.9 Å². The van der Waals surface area contributed by atoms with Crippen molar-refractivity contribution in [1.82, 2.24) is 4.98 Å². The van der Waals surface area contributed by atoms with Gasteiger partial charge in [-0.2, -0.15) is 0 Å². The zero-order valence-electron chi connectivity index (χ0n) is 10.0. The second kappa shape index (κ2) is 4.26. The zero-order chi connectivity index (χ0) is 12.6. The van der Waals surface area contributed by atoms with Crippen LogP contribution in [0.4, 0.5) is 10.2 Å². The van der Waals surface area contributed by atoms with Gasteiger partial charge in [-0.1, -0.05) is 12.1 Å². The van der Waals surface area contributed by atoms with Gasteiger partial charge in [0.2, 0.25) is 0 Å². The molecule has 0 radical (unpaired) electrons. The third-order valence-electron chi connectivity index (χ3n) is 2.31. The molecule has 1 heterocycles. The summed E-state index contributed by atoms with van der Waals surface area (Å²) in [5, 5.41) is 4.57. The molecule has 0 amide bonds. The van der Waals surface area contributed by atoms with Crippen molar-refractivity contribution in [3.63, 3.8) is 0 Å². The van der Waals surface area contributed by atoms with E-state index in [-0.39, 0.29) is 11.4 Å². The van der Waals surface area contributed by atoms with Gasteiger partial charge in [-0.25, -0.2) is 9.37 Å². The standard InChI is InChI=1S/C13H14BrFN2/c1-13(2,3)17-12-11-8(9(14)7-16-12)5-4-6-10(11)15/h4-7H,1-3H3,(H,16,17). The second-order valence-electron chi connectivity index (χ2n) is 4.99. The molecule has 0 bridgehead atoms. The number of fused-ring (bicyclic) bond motifs is 1. The van der Waals surface area contributed by atoms with Crippen LogP contribution in [-0.4, -0.2) is 10.5 Å². The van der Waals surface area contributed by atoms with Gasteiger partial charge in [0.25, 0.3) is 0 Å². The summed E-state index contributed by atoms with van der Waals surface area (Å²) in [6.07, 6.45) is 1.69. The minimum Gasteiger partial charge on any atom is -0.365 e. The molecule has 0 aliphatic rings. The maximum Gasteiger partial charge on any atom is 0.137 e. The van der Waals surface area contributed by atoms with Crippen LogP contribution in [0.1, 0.15) is 20.8 Å². The SMILES string of the molecule is CC(C)(C)Nc1ncc(Br)c2cccc(F)c12. The van der Waals surface area contributed by atoms with Crippen molar-refractivity contribution in [2.45, 2.75) is 26.3 Å². The van der Waals surface area contributed by atoms with Crippen LogP contribution in [0.25, 0.3) is 10.8 Å². The molecule has 2 aromatic rings. The summed E-state index contributed by atoms with van der Waals surface area (Å²) >= 11 is 3.39. The minimum absolute atomic E-state index is 0.157. The first-order chi connectivity index (χ1) is 7.88. The number of nitrogens with one attached hydrogen (secondary N) is 1. The fraction of sp³-hybridized carbons (Fsp3) is 0.308. The number of anilines is 1. The van der Waals surface area contributed by atoms with Gasteiger partial charge in [0.05, 0.1) is 5.39 Å². The fourth-order valence-electron chi connectivity index (χ4n) is 1.67. The highest BCUT2D eigenvalue weighted by Crippen LogP contribution is 2.31. The van der Waals surface area contributed by atoms with Crippen molar-refractivity contribution in [2.75, 3.05) is 5.32 Å². The molecule has 0 spiro atoms. The number of pyridine rings is 1. The van der Waals surface area contributed by atoms with Gasteiger partial charge in [0.1, 0.15) is 11.6 Å². The number of hydrogen-bond donors (Lipinski definition) is 1. The van der Waals surface area contributed by atoms with Crippen molar-refractivity contribution < 1.29 is 4.39 Å². The maximum absolute atomic E-state index is 13.9. The van der Waals surface area contributed by atoms with Crippen LogP contribution in [0.5, 0.6) is 0 Å². The van der Waals surface area contributed by atoms with E-state index in [1.807, 2.05) is 26.8 Å². The van der Waals surface area contributed by atoms with Crippen LogP contribution in [0, 0.1) is 5.82 Å². The monoisotopic (exact) mass is 296 g/mol.